The van der Waals surface area contributed by atoms with Crippen LogP contribution >= 0.6 is 0 Å². The van der Waals surface area contributed by atoms with Crippen molar-refractivity contribution < 1.29 is 9.53 Å². The number of aromatic amines is 1. The van der Waals surface area contributed by atoms with Crippen LogP contribution in [0.1, 0.15) is 26.5 Å². The maximum Gasteiger partial charge on any atom is 0.312 e. The first-order valence-corrected chi connectivity index (χ1v) is 4.31. The topological polar surface area (TPSA) is 42.1 Å². The second kappa shape index (κ2) is 3.64. The van der Waals surface area contributed by atoms with E-state index in [2.05, 4.69) is 4.98 Å². The maximum atomic E-state index is 11.3. The van der Waals surface area contributed by atoms with Crippen LogP contribution in [0.4, 0.5) is 0 Å². The van der Waals surface area contributed by atoms with Gasteiger partial charge in [-0.25, -0.2) is 0 Å². The molecule has 0 aromatic carbocycles. The average molecular weight is 181 g/mol. The van der Waals surface area contributed by atoms with E-state index in [1.165, 1.54) is 0 Å². The number of rotatable bonds is 2. The van der Waals surface area contributed by atoms with Crippen LogP contribution in [0.5, 0.6) is 0 Å². The van der Waals surface area contributed by atoms with Gasteiger partial charge in [0, 0.05) is 11.9 Å². The molecule has 13 heavy (non-hydrogen) atoms. The number of aromatic nitrogens is 1. The first kappa shape index (κ1) is 9.84. The molecule has 1 heterocycles. The monoisotopic (exact) mass is 181 g/mol. The summed E-state index contributed by atoms with van der Waals surface area (Å²) >= 11 is 0. The number of hydrogen-bond acceptors (Lipinski definition) is 2. The molecule has 0 fully saturated rings. The van der Waals surface area contributed by atoms with Crippen LogP contribution in [0.3, 0.4) is 0 Å². The maximum absolute atomic E-state index is 11.3. The molecule has 1 rings (SSSR count). The van der Waals surface area contributed by atoms with Gasteiger partial charge in [0.15, 0.2) is 0 Å². The van der Waals surface area contributed by atoms with Crippen molar-refractivity contribution in [3.8, 4) is 0 Å². The number of carbonyl (C=O) groups is 1. The minimum Gasteiger partial charge on any atom is -0.460 e. The molecule has 0 saturated heterocycles. The summed E-state index contributed by atoms with van der Waals surface area (Å²) in [5, 5.41) is 0. The quantitative estimate of drug-likeness (QED) is 0.708. The summed E-state index contributed by atoms with van der Waals surface area (Å²) in [4.78, 5) is 14.2. The fourth-order valence-corrected chi connectivity index (χ4v) is 1.01. The molecule has 0 radical (unpaired) electrons. The molecule has 0 aliphatic heterocycles. The van der Waals surface area contributed by atoms with E-state index in [0.29, 0.717) is 6.42 Å². The van der Waals surface area contributed by atoms with Gasteiger partial charge in [0.1, 0.15) is 5.60 Å². The zero-order valence-corrected chi connectivity index (χ0v) is 8.26. The zero-order valence-electron chi connectivity index (χ0n) is 8.26. The SMILES string of the molecule is CC(C)(C)OC(=O)Cc1ccc[nH]1. The Kier molecular flexibility index (Phi) is 2.76. The van der Waals surface area contributed by atoms with Crippen LogP contribution in [-0.2, 0) is 16.0 Å². The first-order chi connectivity index (χ1) is 5.97. The third-order valence-corrected chi connectivity index (χ3v) is 1.42. The smallest absolute Gasteiger partial charge is 0.312 e. The lowest BCUT2D eigenvalue weighted by Crippen LogP contribution is -2.24. The first-order valence-electron chi connectivity index (χ1n) is 4.31. The molecular formula is C10H15NO2. The van der Waals surface area contributed by atoms with Gasteiger partial charge in [0.25, 0.3) is 0 Å². The number of esters is 1. The van der Waals surface area contributed by atoms with Crippen LogP contribution in [0, 0.1) is 0 Å². The van der Waals surface area contributed by atoms with Crippen LogP contribution in [0.25, 0.3) is 0 Å². The average Bonchev–Trinajstić information content (AvgIpc) is 2.34. The third kappa shape index (κ3) is 3.78. The van der Waals surface area contributed by atoms with Crippen LogP contribution in [0.15, 0.2) is 18.3 Å². The molecule has 0 aliphatic carbocycles. The number of ether oxygens (including phenoxy) is 1. The number of H-pyrrole nitrogens is 1. The molecule has 0 amide bonds. The molecule has 0 spiro atoms. The van der Waals surface area contributed by atoms with Crippen molar-refractivity contribution in [2.24, 2.45) is 0 Å². The summed E-state index contributed by atoms with van der Waals surface area (Å²) in [6.45, 7) is 5.58. The Morgan fingerprint density at radius 1 is 1.54 bits per heavy atom. The van der Waals surface area contributed by atoms with Gasteiger partial charge in [-0.2, -0.15) is 0 Å². The number of hydrogen-bond donors (Lipinski definition) is 1. The molecule has 0 saturated carbocycles. The van der Waals surface area contributed by atoms with Gasteiger partial charge in [0.2, 0.25) is 0 Å². The molecule has 0 unspecified atom stereocenters. The lowest BCUT2D eigenvalue weighted by molar-refractivity contribution is -0.153. The molecule has 1 aromatic rings. The lowest BCUT2D eigenvalue weighted by Gasteiger charge is -2.19. The minimum absolute atomic E-state index is 0.199. The molecule has 0 atom stereocenters. The molecule has 0 aliphatic rings. The molecule has 3 nitrogen and oxygen atoms in total. The van der Waals surface area contributed by atoms with Crippen molar-refractivity contribution in [2.75, 3.05) is 0 Å². The molecule has 72 valence electrons. The van der Waals surface area contributed by atoms with Crippen LogP contribution in [-0.4, -0.2) is 16.6 Å². The Labute approximate surface area is 78.1 Å². The Balaban J connectivity index is 2.43. The van der Waals surface area contributed by atoms with Gasteiger partial charge >= 0.3 is 5.97 Å². The molecule has 1 aromatic heterocycles. The van der Waals surface area contributed by atoms with Gasteiger partial charge < -0.3 is 9.72 Å². The molecule has 1 N–H and O–H groups in total. The van der Waals surface area contributed by atoms with Crippen molar-refractivity contribution in [1.82, 2.24) is 4.98 Å². The van der Waals surface area contributed by atoms with Gasteiger partial charge in [0.05, 0.1) is 6.42 Å². The van der Waals surface area contributed by atoms with Gasteiger partial charge in [-0.15, -0.1) is 0 Å². The van der Waals surface area contributed by atoms with E-state index in [4.69, 9.17) is 4.74 Å². The molecular weight excluding hydrogens is 166 g/mol. The molecule has 3 heteroatoms. The lowest BCUT2D eigenvalue weighted by atomic mass is 10.2. The fraction of sp³-hybridized carbons (Fsp3) is 0.500. The Hall–Kier alpha value is -1.25. The predicted molar refractivity (Wildman–Crippen MR) is 50.3 cm³/mol. The highest BCUT2D eigenvalue weighted by Crippen LogP contribution is 2.08. The number of carbonyl (C=O) groups excluding carboxylic acids is 1. The zero-order chi connectivity index (χ0) is 9.90. The van der Waals surface area contributed by atoms with Gasteiger partial charge in [-0.05, 0) is 32.9 Å². The highest BCUT2D eigenvalue weighted by atomic mass is 16.6. The minimum atomic E-state index is -0.399. The largest absolute Gasteiger partial charge is 0.460 e. The standard InChI is InChI=1S/C10H15NO2/c1-10(2,3)13-9(12)7-8-5-4-6-11-8/h4-6,11H,7H2,1-3H3. The summed E-state index contributed by atoms with van der Waals surface area (Å²) in [5.74, 6) is -0.199. The third-order valence-electron chi connectivity index (χ3n) is 1.42. The highest BCUT2D eigenvalue weighted by molar-refractivity contribution is 5.72. The Morgan fingerprint density at radius 3 is 2.69 bits per heavy atom. The van der Waals surface area contributed by atoms with Gasteiger partial charge in [-0.1, -0.05) is 0 Å². The van der Waals surface area contributed by atoms with E-state index in [0.717, 1.165) is 5.69 Å². The van der Waals surface area contributed by atoms with Crippen molar-refractivity contribution in [1.29, 1.82) is 0 Å². The normalized spacial score (nSPS) is 11.3. The predicted octanol–water partition coefficient (Wildman–Crippen LogP) is 1.90. The van der Waals surface area contributed by atoms with Crippen molar-refractivity contribution in [3.63, 3.8) is 0 Å². The summed E-state index contributed by atoms with van der Waals surface area (Å²) < 4.78 is 5.15. The summed E-state index contributed by atoms with van der Waals surface area (Å²) in [7, 11) is 0. The van der Waals surface area contributed by atoms with Crippen molar-refractivity contribution in [3.05, 3.63) is 24.0 Å². The Bertz CT molecular complexity index is 270. The van der Waals surface area contributed by atoms with E-state index in [-0.39, 0.29) is 5.97 Å². The van der Waals surface area contributed by atoms with Gasteiger partial charge in [-0.3, -0.25) is 4.79 Å². The van der Waals surface area contributed by atoms with Crippen molar-refractivity contribution in [2.45, 2.75) is 32.8 Å². The summed E-state index contributed by atoms with van der Waals surface area (Å²) in [6.07, 6.45) is 2.10. The van der Waals surface area contributed by atoms with Crippen LogP contribution in [0.2, 0.25) is 0 Å². The second-order valence-corrected chi connectivity index (χ2v) is 3.96. The summed E-state index contributed by atoms with van der Waals surface area (Å²) in [6, 6.07) is 3.73. The van der Waals surface area contributed by atoms with E-state index >= 15 is 0 Å². The van der Waals surface area contributed by atoms with E-state index in [1.54, 1.807) is 6.20 Å². The highest BCUT2D eigenvalue weighted by Gasteiger charge is 2.16. The second-order valence-electron chi connectivity index (χ2n) is 3.96. The van der Waals surface area contributed by atoms with Crippen LogP contribution < -0.4 is 0 Å². The Morgan fingerprint density at radius 2 is 2.23 bits per heavy atom. The number of nitrogens with one attached hydrogen (secondary N) is 1. The van der Waals surface area contributed by atoms with E-state index in [1.807, 2.05) is 32.9 Å². The van der Waals surface area contributed by atoms with E-state index < -0.39 is 5.60 Å². The van der Waals surface area contributed by atoms with Crippen molar-refractivity contribution >= 4 is 5.97 Å². The van der Waals surface area contributed by atoms with E-state index in [9.17, 15) is 4.79 Å². The summed E-state index contributed by atoms with van der Waals surface area (Å²) in [5.41, 5.74) is 0.484. The fourth-order valence-electron chi connectivity index (χ4n) is 1.01. The molecule has 0 bridgehead atoms.